The Morgan fingerprint density at radius 3 is 2.76 bits per heavy atom. The number of rotatable bonds is 5. The number of halogens is 2. The molecule has 0 bridgehead atoms. The second-order valence-electron chi connectivity index (χ2n) is 4.84. The van der Waals surface area contributed by atoms with Gasteiger partial charge in [-0.15, -0.1) is 0 Å². The van der Waals surface area contributed by atoms with E-state index >= 15 is 0 Å². The molecule has 1 aliphatic carbocycles. The van der Waals surface area contributed by atoms with Gasteiger partial charge < -0.3 is 0 Å². The number of hydrazine groups is 1. The number of nitrogens with one attached hydrogen (secondary N) is 1. The van der Waals surface area contributed by atoms with Gasteiger partial charge in [-0.25, -0.2) is 4.39 Å². The molecule has 2 nitrogen and oxygen atoms in total. The molecule has 2 rings (SSSR count). The van der Waals surface area contributed by atoms with Gasteiger partial charge >= 0.3 is 0 Å². The molecule has 1 aromatic rings. The van der Waals surface area contributed by atoms with Crippen LogP contribution in [0.4, 0.5) is 4.39 Å². The number of hydrogen-bond donors (Lipinski definition) is 2. The maximum Gasteiger partial charge on any atom is 0.127 e. The van der Waals surface area contributed by atoms with Crippen LogP contribution in [0.5, 0.6) is 0 Å². The summed E-state index contributed by atoms with van der Waals surface area (Å²) in [6.07, 6.45) is 5.62. The molecule has 1 aromatic carbocycles. The van der Waals surface area contributed by atoms with Crippen LogP contribution in [0.3, 0.4) is 0 Å². The Hall–Kier alpha value is -0.450. The summed E-state index contributed by atoms with van der Waals surface area (Å²) in [6.45, 7) is 0. The summed E-state index contributed by atoms with van der Waals surface area (Å²) < 4.78 is 14.5. The molecule has 0 saturated heterocycles. The molecule has 1 aliphatic rings. The van der Waals surface area contributed by atoms with Crippen molar-refractivity contribution in [1.29, 1.82) is 0 Å². The van der Waals surface area contributed by atoms with Gasteiger partial charge in [-0.1, -0.05) is 41.3 Å². The first-order valence-corrected chi connectivity index (χ1v) is 6.88. The van der Waals surface area contributed by atoms with E-state index in [1.807, 2.05) is 12.1 Å². The molecule has 0 spiro atoms. The largest absolute Gasteiger partial charge is 0.271 e. The maximum atomic E-state index is 13.7. The molecule has 0 aliphatic heterocycles. The standard InChI is InChI=1S/C13H18BrFN2/c14-11-5-4-10(13(15)8-11)7-12(17-16)6-9-2-1-3-9/h4-5,8-9,12,17H,1-3,6-7,16H2. The topological polar surface area (TPSA) is 38.0 Å². The molecule has 1 atom stereocenters. The molecule has 4 heteroatoms. The molecule has 1 unspecified atom stereocenters. The molecule has 1 fully saturated rings. The van der Waals surface area contributed by atoms with Gasteiger partial charge in [0, 0.05) is 10.5 Å². The van der Waals surface area contributed by atoms with Crippen LogP contribution in [-0.2, 0) is 6.42 Å². The molecule has 17 heavy (non-hydrogen) atoms. The highest BCUT2D eigenvalue weighted by Gasteiger charge is 2.22. The number of benzene rings is 1. The summed E-state index contributed by atoms with van der Waals surface area (Å²) in [6, 6.07) is 5.38. The molecule has 0 radical (unpaired) electrons. The van der Waals surface area contributed by atoms with Crippen molar-refractivity contribution in [1.82, 2.24) is 5.43 Å². The maximum absolute atomic E-state index is 13.7. The number of nitrogens with two attached hydrogens (primary N) is 1. The van der Waals surface area contributed by atoms with E-state index in [0.717, 1.165) is 22.4 Å². The second-order valence-corrected chi connectivity index (χ2v) is 5.75. The first kappa shape index (κ1) is 13.0. The predicted octanol–water partition coefficient (Wildman–Crippen LogP) is 3.15. The second kappa shape index (κ2) is 5.94. The third kappa shape index (κ3) is 3.50. The monoisotopic (exact) mass is 300 g/mol. The SMILES string of the molecule is NNC(Cc1ccc(Br)cc1F)CC1CCC1. The Bertz CT molecular complexity index is 380. The van der Waals surface area contributed by atoms with E-state index in [1.165, 1.54) is 25.3 Å². The first-order valence-electron chi connectivity index (χ1n) is 6.09. The molecule has 3 N–H and O–H groups in total. The van der Waals surface area contributed by atoms with E-state index in [9.17, 15) is 4.39 Å². The quantitative estimate of drug-likeness (QED) is 0.647. The third-order valence-corrected chi connectivity index (χ3v) is 4.05. The van der Waals surface area contributed by atoms with E-state index < -0.39 is 0 Å². The van der Waals surface area contributed by atoms with E-state index in [1.54, 1.807) is 0 Å². The van der Waals surface area contributed by atoms with E-state index in [-0.39, 0.29) is 11.9 Å². The van der Waals surface area contributed by atoms with Crippen LogP contribution in [0.15, 0.2) is 22.7 Å². The zero-order valence-electron chi connectivity index (χ0n) is 9.76. The van der Waals surface area contributed by atoms with E-state index in [2.05, 4.69) is 21.4 Å². The Morgan fingerprint density at radius 2 is 2.24 bits per heavy atom. The fraction of sp³-hybridized carbons (Fsp3) is 0.538. The van der Waals surface area contributed by atoms with Crippen LogP contribution in [-0.4, -0.2) is 6.04 Å². The molecule has 0 amide bonds. The molecule has 1 saturated carbocycles. The van der Waals surface area contributed by atoms with Crippen molar-refractivity contribution < 1.29 is 4.39 Å². The van der Waals surface area contributed by atoms with Crippen LogP contribution in [0.25, 0.3) is 0 Å². The predicted molar refractivity (Wildman–Crippen MR) is 70.9 cm³/mol. The van der Waals surface area contributed by atoms with Gasteiger partial charge in [0.15, 0.2) is 0 Å². The van der Waals surface area contributed by atoms with E-state index in [0.29, 0.717) is 6.42 Å². The van der Waals surface area contributed by atoms with Crippen LogP contribution >= 0.6 is 15.9 Å². The highest BCUT2D eigenvalue weighted by Crippen LogP contribution is 2.31. The van der Waals surface area contributed by atoms with Gasteiger partial charge in [-0.2, -0.15) is 0 Å². The lowest BCUT2D eigenvalue weighted by Gasteiger charge is -2.29. The highest BCUT2D eigenvalue weighted by atomic mass is 79.9. The third-order valence-electron chi connectivity index (χ3n) is 3.56. The van der Waals surface area contributed by atoms with Gasteiger partial charge in [0.05, 0.1) is 0 Å². The van der Waals surface area contributed by atoms with Crippen LogP contribution in [0.1, 0.15) is 31.2 Å². The summed E-state index contributed by atoms with van der Waals surface area (Å²) in [7, 11) is 0. The van der Waals surface area contributed by atoms with Crippen molar-refractivity contribution in [3.63, 3.8) is 0 Å². The normalized spacial score (nSPS) is 17.8. The van der Waals surface area contributed by atoms with Crippen molar-refractivity contribution in [2.75, 3.05) is 0 Å². The van der Waals surface area contributed by atoms with Crippen molar-refractivity contribution >= 4 is 15.9 Å². The lowest BCUT2D eigenvalue weighted by atomic mass is 9.80. The first-order chi connectivity index (χ1) is 8.19. The average molecular weight is 301 g/mol. The van der Waals surface area contributed by atoms with Gasteiger partial charge in [-0.05, 0) is 36.5 Å². The van der Waals surface area contributed by atoms with Gasteiger partial charge in [0.2, 0.25) is 0 Å². The van der Waals surface area contributed by atoms with Crippen molar-refractivity contribution in [3.05, 3.63) is 34.1 Å². The van der Waals surface area contributed by atoms with Crippen LogP contribution in [0, 0.1) is 11.7 Å². The molecule has 0 heterocycles. The summed E-state index contributed by atoms with van der Waals surface area (Å²) in [5.74, 6) is 6.16. The van der Waals surface area contributed by atoms with Gasteiger partial charge in [0.1, 0.15) is 5.82 Å². The van der Waals surface area contributed by atoms with E-state index in [4.69, 9.17) is 5.84 Å². The Kier molecular flexibility index (Phi) is 4.54. The van der Waals surface area contributed by atoms with Crippen LogP contribution < -0.4 is 11.3 Å². The van der Waals surface area contributed by atoms with Crippen molar-refractivity contribution in [2.24, 2.45) is 11.8 Å². The molecular formula is C13H18BrFN2. The fourth-order valence-electron chi connectivity index (χ4n) is 2.29. The summed E-state index contributed by atoms with van der Waals surface area (Å²) in [5, 5.41) is 0. The van der Waals surface area contributed by atoms with Crippen molar-refractivity contribution in [2.45, 2.75) is 38.1 Å². The lowest BCUT2D eigenvalue weighted by Crippen LogP contribution is -2.39. The summed E-state index contributed by atoms with van der Waals surface area (Å²) >= 11 is 3.26. The Morgan fingerprint density at radius 1 is 1.47 bits per heavy atom. The lowest BCUT2D eigenvalue weighted by molar-refractivity contribution is 0.259. The van der Waals surface area contributed by atoms with Crippen molar-refractivity contribution in [3.8, 4) is 0 Å². The minimum absolute atomic E-state index is 0.159. The van der Waals surface area contributed by atoms with Gasteiger partial charge in [-0.3, -0.25) is 11.3 Å². The van der Waals surface area contributed by atoms with Crippen LogP contribution in [0.2, 0.25) is 0 Å². The summed E-state index contributed by atoms with van der Waals surface area (Å²) in [5.41, 5.74) is 3.55. The minimum Gasteiger partial charge on any atom is -0.271 e. The zero-order valence-corrected chi connectivity index (χ0v) is 11.3. The molecule has 94 valence electrons. The average Bonchev–Trinajstić information content (AvgIpc) is 2.24. The zero-order chi connectivity index (χ0) is 12.3. The minimum atomic E-state index is -0.159. The summed E-state index contributed by atoms with van der Waals surface area (Å²) in [4.78, 5) is 0. The Labute approximate surface area is 110 Å². The molecule has 0 aromatic heterocycles. The number of hydrogen-bond acceptors (Lipinski definition) is 2. The molecular weight excluding hydrogens is 283 g/mol. The van der Waals surface area contributed by atoms with Gasteiger partial charge in [0.25, 0.3) is 0 Å². The Balaban J connectivity index is 1.96. The fourth-order valence-corrected chi connectivity index (χ4v) is 2.63. The smallest absolute Gasteiger partial charge is 0.127 e. The highest BCUT2D eigenvalue weighted by molar-refractivity contribution is 9.10.